The molecule has 0 atom stereocenters. The first kappa shape index (κ1) is 18.2. The van der Waals surface area contributed by atoms with Crippen LogP contribution in [0.25, 0.3) is 0 Å². The molecule has 0 aliphatic heterocycles. The molecule has 2 aromatic rings. The van der Waals surface area contributed by atoms with Gasteiger partial charge in [0.25, 0.3) is 0 Å². The van der Waals surface area contributed by atoms with E-state index in [0.717, 1.165) is 11.1 Å². The molecule has 0 radical (unpaired) electrons. The highest BCUT2D eigenvalue weighted by atomic mass is 32.1. The van der Waals surface area contributed by atoms with Gasteiger partial charge in [-0.25, -0.2) is 0 Å². The largest absolute Gasteiger partial charge is 0.507 e. The minimum Gasteiger partial charge on any atom is -0.507 e. The smallest absolute Gasteiger partial charge is 0.203 e. The maximum absolute atomic E-state index is 12.9. The summed E-state index contributed by atoms with van der Waals surface area (Å²) in [5, 5.41) is 19.7. The number of benzene rings is 1. The van der Waals surface area contributed by atoms with Gasteiger partial charge in [0.2, 0.25) is 5.78 Å². The second-order valence-corrected chi connectivity index (χ2v) is 9.11. The molecule has 0 amide bonds. The molecule has 0 saturated carbocycles. The Morgan fingerprint density at radius 1 is 1.04 bits per heavy atom. The van der Waals surface area contributed by atoms with Crippen molar-refractivity contribution in [3.8, 4) is 11.8 Å². The third-order valence-electron chi connectivity index (χ3n) is 3.93. The molecule has 0 spiro atoms. The van der Waals surface area contributed by atoms with Crippen LogP contribution in [0.15, 0.2) is 24.3 Å². The number of thiophene rings is 1. The second-order valence-electron chi connectivity index (χ2n) is 8.02. The normalized spacial score (nSPS) is 12.0. The number of carbonyl (C=O) groups excluding carboxylic acids is 1. The zero-order chi connectivity index (χ0) is 18.3. The third kappa shape index (κ3) is 3.52. The molecular formula is C20H23NO2S. The van der Waals surface area contributed by atoms with Gasteiger partial charge in [-0.3, -0.25) is 4.79 Å². The molecule has 0 saturated heterocycles. The van der Waals surface area contributed by atoms with Crippen molar-refractivity contribution in [1.82, 2.24) is 0 Å². The molecule has 4 heteroatoms. The van der Waals surface area contributed by atoms with E-state index in [0.29, 0.717) is 15.3 Å². The van der Waals surface area contributed by atoms with Crippen LogP contribution in [0.3, 0.4) is 0 Å². The Balaban J connectivity index is 2.66. The fourth-order valence-corrected chi connectivity index (χ4v) is 3.34. The van der Waals surface area contributed by atoms with Crippen molar-refractivity contribution in [2.24, 2.45) is 0 Å². The zero-order valence-electron chi connectivity index (χ0n) is 15.0. The first-order valence-corrected chi connectivity index (χ1v) is 8.69. The summed E-state index contributed by atoms with van der Waals surface area (Å²) in [5.74, 6) is 0.146. The van der Waals surface area contributed by atoms with E-state index in [4.69, 9.17) is 5.26 Å². The van der Waals surface area contributed by atoms with E-state index >= 15 is 0 Å². The van der Waals surface area contributed by atoms with Gasteiger partial charge < -0.3 is 5.11 Å². The van der Waals surface area contributed by atoms with E-state index in [1.807, 2.05) is 41.5 Å². The van der Waals surface area contributed by atoms with Crippen LogP contribution in [0.1, 0.15) is 72.8 Å². The Bertz CT molecular complexity index is 792. The summed E-state index contributed by atoms with van der Waals surface area (Å²) in [6.45, 7) is 12.1. The van der Waals surface area contributed by atoms with Crippen LogP contribution in [0.2, 0.25) is 0 Å². The Morgan fingerprint density at radius 2 is 1.54 bits per heavy atom. The van der Waals surface area contributed by atoms with Crippen LogP contribution in [0.4, 0.5) is 0 Å². The van der Waals surface area contributed by atoms with Crippen LogP contribution < -0.4 is 0 Å². The molecule has 0 unspecified atom stereocenters. The lowest BCUT2D eigenvalue weighted by Gasteiger charge is -2.28. The van der Waals surface area contributed by atoms with Crippen LogP contribution in [-0.4, -0.2) is 10.9 Å². The molecule has 0 aliphatic rings. The van der Waals surface area contributed by atoms with Crippen LogP contribution in [-0.2, 0) is 10.8 Å². The Morgan fingerprint density at radius 3 is 1.92 bits per heavy atom. The Kier molecular flexibility index (Phi) is 4.61. The number of rotatable bonds is 2. The predicted octanol–water partition coefficient (Wildman–Crippen LogP) is 5.15. The van der Waals surface area contributed by atoms with E-state index in [9.17, 15) is 9.90 Å². The van der Waals surface area contributed by atoms with Crippen molar-refractivity contribution in [2.45, 2.75) is 52.4 Å². The van der Waals surface area contributed by atoms with Gasteiger partial charge in [-0.05, 0) is 35.1 Å². The fraction of sp³-hybridized carbons (Fsp3) is 0.400. The summed E-state index contributed by atoms with van der Waals surface area (Å²) in [4.78, 5) is 13.9. The lowest BCUT2D eigenvalue weighted by molar-refractivity contribution is 0.104. The highest BCUT2D eigenvalue weighted by Gasteiger charge is 2.28. The summed E-state index contributed by atoms with van der Waals surface area (Å²) in [5.41, 5.74) is 1.50. The van der Waals surface area contributed by atoms with Crippen LogP contribution in [0.5, 0.6) is 5.75 Å². The van der Waals surface area contributed by atoms with Crippen molar-refractivity contribution in [2.75, 3.05) is 0 Å². The van der Waals surface area contributed by atoms with Crippen molar-refractivity contribution < 1.29 is 9.90 Å². The number of aromatic hydroxyl groups is 1. The molecule has 24 heavy (non-hydrogen) atoms. The minimum atomic E-state index is -0.284. The van der Waals surface area contributed by atoms with Crippen molar-refractivity contribution in [1.29, 1.82) is 5.26 Å². The van der Waals surface area contributed by atoms with E-state index < -0.39 is 0 Å². The van der Waals surface area contributed by atoms with Crippen LogP contribution in [0, 0.1) is 11.3 Å². The number of carbonyl (C=O) groups is 1. The van der Waals surface area contributed by atoms with Gasteiger partial charge in [-0.1, -0.05) is 41.5 Å². The summed E-state index contributed by atoms with van der Waals surface area (Å²) in [7, 11) is 0. The Hall–Kier alpha value is -2.12. The van der Waals surface area contributed by atoms with Crippen molar-refractivity contribution in [3.63, 3.8) is 0 Å². The monoisotopic (exact) mass is 341 g/mol. The lowest BCUT2D eigenvalue weighted by Crippen LogP contribution is -2.19. The average Bonchev–Trinajstić information content (AvgIpc) is 2.93. The molecule has 1 aromatic carbocycles. The number of hydrogen-bond donors (Lipinski definition) is 1. The molecule has 1 N–H and O–H groups in total. The molecule has 3 nitrogen and oxygen atoms in total. The van der Waals surface area contributed by atoms with Gasteiger partial charge >= 0.3 is 0 Å². The highest BCUT2D eigenvalue weighted by Crippen LogP contribution is 2.40. The van der Waals surface area contributed by atoms with Gasteiger partial charge in [0.15, 0.2) is 0 Å². The summed E-state index contributed by atoms with van der Waals surface area (Å²) < 4.78 is 0. The standard InChI is InChI=1S/C20H23NO2S/c1-19(2,3)14-9-12(10-15(18(14)23)20(4,5)6)17(22)16-8-7-13(11-21)24-16/h7-10,23H,1-6H3. The summed E-state index contributed by atoms with van der Waals surface area (Å²) >= 11 is 1.19. The SMILES string of the molecule is CC(C)(C)c1cc(C(=O)c2ccc(C#N)s2)cc(C(C)(C)C)c1O. The summed E-state index contributed by atoms with van der Waals surface area (Å²) in [6.07, 6.45) is 0. The van der Waals surface area contributed by atoms with Gasteiger partial charge in [-0.2, -0.15) is 5.26 Å². The quantitative estimate of drug-likeness (QED) is 0.768. The summed E-state index contributed by atoms with van der Waals surface area (Å²) in [6, 6.07) is 8.96. The molecule has 1 aromatic heterocycles. The van der Waals surface area contributed by atoms with E-state index in [2.05, 4.69) is 6.07 Å². The fourth-order valence-electron chi connectivity index (χ4n) is 2.57. The highest BCUT2D eigenvalue weighted by molar-refractivity contribution is 7.14. The van der Waals surface area contributed by atoms with E-state index in [1.165, 1.54) is 11.3 Å². The first-order valence-electron chi connectivity index (χ1n) is 7.87. The predicted molar refractivity (Wildman–Crippen MR) is 98.0 cm³/mol. The van der Waals surface area contributed by atoms with Crippen LogP contribution >= 0.6 is 11.3 Å². The topological polar surface area (TPSA) is 61.1 Å². The number of hydrogen-bond acceptors (Lipinski definition) is 4. The molecule has 0 aliphatic carbocycles. The number of nitrogens with zero attached hydrogens (tertiary/aromatic N) is 1. The van der Waals surface area contributed by atoms with E-state index in [1.54, 1.807) is 24.3 Å². The van der Waals surface area contributed by atoms with Gasteiger partial charge in [0.05, 0.1) is 4.88 Å². The maximum Gasteiger partial charge on any atom is 0.203 e. The molecule has 126 valence electrons. The van der Waals surface area contributed by atoms with Crippen molar-refractivity contribution in [3.05, 3.63) is 50.7 Å². The molecular weight excluding hydrogens is 318 g/mol. The number of ketones is 1. The average molecular weight is 341 g/mol. The first-order chi connectivity index (χ1) is 10.9. The van der Waals surface area contributed by atoms with Crippen molar-refractivity contribution >= 4 is 17.1 Å². The molecule has 1 heterocycles. The molecule has 0 fully saturated rings. The van der Waals surface area contributed by atoms with Gasteiger partial charge in [0, 0.05) is 16.7 Å². The molecule has 0 bridgehead atoms. The number of nitriles is 1. The third-order valence-corrected chi connectivity index (χ3v) is 4.92. The van der Waals surface area contributed by atoms with Gasteiger partial charge in [-0.15, -0.1) is 11.3 Å². The molecule has 2 rings (SSSR count). The van der Waals surface area contributed by atoms with Gasteiger partial charge in [0.1, 0.15) is 16.7 Å². The maximum atomic E-state index is 12.9. The second kappa shape index (κ2) is 6.07. The van der Waals surface area contributed by atoms with E-state index in [-0.39, 0.29) is 22.4 Å². The lowest BCUT2D eigenvalue weighted by atomic mass is 9.78. The minimum absolute atomic E-state index is 0.113. The Labute approximate surface area is 147 Å². The zero-order valence-corrected chi connectivity index (χ0v) is 15.8. The number of phenols is 1. The number of phenolic OH excluding ortho intramolecular Hbond substituents is 1.